The number of aromatic nitrogens is 3. The Morgan fingerprint density at radius 3 is 2.63 bits per heavy atom. The normalized spacial score (nSPS) is 15.5. The van der Waals surface area contributed by atoms with E-state index in [0.29, 0.717) is 24.5 Å². The van der Waals surface area contributed by atoms with Gasteiger partial charge in [-0.25, -0.2) is 4.98 Å². The highest BCUT2D eigenvalue weighted by Crippen LogP contribution is 2.22. The Labute approximate surface area is 201 Å². The van der Waals surface area contributed by atoms with Gasteiger partial charge in [0, 0.05) is 19.9 Å². The van der Waals surface area contributed by atoms with Crippen LogP contribution in [0.3, 0.4) is 0 Å². The van der Waals surface area contributed by atoms with Crippen molar-refractivity contribution in [1.82, 2.24) is 25.2 Å². The predicted molar refractivity (Wildman–Crippen MR) is 130 cm³/mol. The maximum absolute atomic E-state index is 13.4. The van der Waals surface area contributed by atoms with Crippen molar-refractivity contribution < 1.29 is 14.3 Å². The number of nitrogens with two attached hydrogens (primary N) is 1. The average Bonchev–Trinajstić information content (AvgIpc) is 2.81. The summed E-state index contributed by atoms with van der Waals surface area (Å²) < 4.78 is 6.53. The molecule has 1 aliphatic heterocycles. The maximum atomic E-state index is 13.4. The average molecular weight is 478 g/mol. The van der Waals surface area contributed by atoms with Gasteiger partial charge in [0.1, 0.15) is 17.7 Å². The van der Waals surface area contributed by atoms with E-state index in [9.17, 15) is 14.4 Å². The molecule has 1 fully saturated rings. The molecule has 3 heterocycles. The van der Waals surface area contributed by atoms with Crippen molar-refractivity contribution in [3.05, 3.63) is 75.1 Å². The molecule has 35 heavy (non-hydrogen) atoms. The largest absolute Gasteiger partial charge is 0.383 e. The lowest BCUT2D eigenvalue weighted by Crippen LogP contribution is -2.46. The number of benzene rings is 1. The fourth-order valence-corrected chi connectivity index (χ4v) is 4.23. The number of carbonyl (C=O) groups is 2. The quantitative estimate of drug-likeness (QED) is 0.410. The van der Waals surface area contributed by atoms with Crippen LogP contribution in [-0.2, 0) is 16.1 Å². The number of nitrogens with zero attached hydrogens (tertiary/aromatic N) is 3. The number of nitrogen functional groups attached to an aromatic ring is 1. The van der Waals surface area contributed by atoms with E-state index in [0.717, 1.165) is 22.3 Å². The van der Waals surface area contributed by atoms with Crippen LogP contribution >= 0.6 is 0 Å². The van der Waals surface area contributed by atoms with Crippen LogP contribution in [0.4, 0.5) is 11.5 Å². The van der Waals surface area contributed by atoms with Crippen molar-refractivity contribution in [2.45, 2.75) is 26.5 Å². The van der Waals surface area contributed by atoms with Crippen LogP contribution in [0.25, 0.3) is 5.69 Å². The molecule has 11 heteroatoms. The Morgan fingerprint density at radius 2 is 1.97 bits per heavy atom. The Morgan fingerprint density at radius 1 is 1.23 bits per heavy atom. The number of amides is 2. The third-order valence-corrected chi connectivity index (χ3v) is 5.76. The minimum atomic E-state index is -0.690. The van der Waals surface area contributed by atoms with Crippen LogP contribution in [0, 0.1) is 13.8 Å². The zero-order valence-corrected chi connectivity index (χ0v) is 19.7. The lowest BCUT2D eigenvalue weighted by molar-refractivity contribution is -0.121. The Bertz CT molecular complexity index is 1320. The maximum Gasteiger partial charge on any atom is 0.272 e. The number of rotatable bonds is 6. The number of piperazine rings is 1. The van der Waals surface area contributed by atoms with Crippen molar-refractivity contribution in [1.29, 1.82) is 0 Å². The van der Waals surface area contributed by atoms with Crippen LogP contribution in [0.2, 0.25) is 0 Å². The van der Waals surface area contributed by atoms with Crippen molar-refractivity contribution in [3.63, 3.8) is 0 Å². The van der Waals surface area contributed by atoms with E-state index < -0.39 is 11.5 Å². The number of carbonyl (C=O) groups excluding carboxylic acids is 2. The third-order valence-electron chi connectivity index (χ3n) is 5.76. The molecule has 1 aliphatic rings. The van der Waals surface area contributed by atoms with Gasteiger partial charge in [0.2, 0.25) is 5.91 Å². The number of ether oxygens (including phenoxy) is 1. The molecule has 2 aromatic heterocycles. The highest BCUT2D eigenvalue weighted by Gasteiger charge is 2.22. The molecule has 3 aromatic rings. The van der Waals surface area contributed by atoms with Crippen molar-refractivity contribution in [2.75, 3.05) is 31.2 Å². The smallest absolute Gasteiger partial charge is 0.272 e. The van der Waals surface area contributed by atoms with Gasteiger partial charge >= 0.3 is 0 Å². The highest BCUT2D eigenvalue weighted by molar-refractivity contribution is 6.06. The molecule has 2 amide bonds. The SMILES string of the molecule is COCc1cc(C)c(-n2cnc(N)c(C(=O)Nc3cncc([C@@H]4CNC(=O)CN4)c3)c2=O)c(C)c1. The number of hydrogen-bond acceptors (Lipinski definition) is 8. The summed E-state index contributed by atoms with van der Waals surface area (Å²) in [5.41, 5.74) is 9.55. The first-order valence-corrected chi connectivity index (χ1v) is 11.0. The molecule has 0 radical (unpaired) electrons. The molecule has 4 rings (SSSR count). The number of aryl methyl sites for hydroxylation is 2. The number of pyridine rings is 1. The Balaban J connectivity index is 1.64. The zero-order chi connectivity index (χ0) is 25.1. The second-order valence-corrected chi connectivity index (χ2v) is 8.39. The van der Waals surface area contributed by atoms with Gasteiger partial charge in [-0.15, -0.1) is 0 Å². The van der Waals surface area contributed by atoms with Gasteiger partial charge < -0.3 is 21.1 Å². The van der Waals surface area contributed by atoms with Gasteiger partial charge in [-0.2, -0.15) is 0 Å². The number of methoxy groups -OCH3 is 1. The Hall–Kier alpha value is -4.09. The summed E-state index contributed by atoms with van der Waals surface area (Å²) in [6.45, 7) is 4.80. The van der Waals surface area contributed by atoms with E-state index in [-0.39, 0.29) is 29.9 Å². The number of nitrogens with one attached hydrogen (secondary N) is 3. The summed E-state index contributed by atoms with van der Waals surface area (Å²) in [4.78, 5) is 46.2. The fourth-order valence-electron chi connectivity index (χ4n) is 4.23. The summed E-state index contributed by atoms with van der Waals surface area (Å²) in [5, 5.41) is 8.58. The first-order valence-electron chi connectivity index (χ1n) is 11.0. The summed E-state index contributed by atoms with van der Waals surface area (Å²) in [5.74, 6) is -0.943. The second kappa shape index (κ2) is 10.0. The molecule has 5 N–H and O–H groups in total. The number of anilines is 2. The molecule has 182 valence electrons. The molecule has 0 spiro atoms. The summed E-state index contributed by atoms with van der Waals surface area (Å²) in [6, 6.07) is 5.43. The topological polar surface area (TPSA) is 153 Å². The highest BCUT2D eigenvalue weighted by atomic mass is 16.5. The Kier molecular flexibility index (Phi) is 6.90. The molecule has 1 aromatic carbocycles. The molecular formula is C24H27N7O4. The van der Waals surface area contributed by atoms with E-state index in [1.165, 1.54) is 17.1 Å². The number of hydrogen-bond donors (Lipinski definition) is 4. The van der Waals surface area contributed by atoms with Crippen LogP contribution in [-0.4, -0.2) is 46.5 Å². The molecule has 0 bridgehead atoms. The first-order chi connectivity index (χ1) is 16.8. The van der Waals surface area contributed by atoms with Crippen molar-refractivity contribution in [3.8, 4) is 5.69 Å². The molecular weight excluding hydrogens is 450 g/mol. The first kappa shape index (κ1) is 24.0. The lowest BCUT2D eigenvalue weighted by Gasteiger charge is -2.24. The molecule has 1 saturated heterocycles. The molecule has 0 aliphatic carbocycles. The predicted octanol–water partition coefficient (Wildman–Crippen LogP) is 0.986. The van der Waals surface area contributed by atoms with Gasteiger partial charge in [0.15, 0.2) is 0 Å². The van der Waals surface area contributed by atoms with Crippen molar-refractivity contribution >= 4 is 23.3 Å². The summed E-state index contributed by atoms with van der Waals surface area (Å²) in [6.07, 6.45) is 4.44. The summed E-state index contributed by atoms with van der Waals surface area (Å²) in [7, 11) is 1.62. The molecule has 11 nitrogen and oxygen atoms in total. The van der Waals surface area contributed by atoms with Crippen LogP contribution < -0.4 is 27.2 Å². The van der Waals surface area contributed by atoms with Gasteiger partial charge in [0.05, 0.1) is 36.8 Å². The lowest BCUT2D eigenvalue weighted by atomic mass is 10.0. The minimum Gasteiger partial charge on any atom is -0.383 e. The standard InChI is InChI=1S/C24H27N7O4/c1-13-4-15(11-35-3)5-14(2)21(13)31-12-29-22(25)20(24(31)34)23(33)30-17-6-16(7-26-8-17)18-9-28-19(32)10-27-18/h4-8,12,18,27H,9-11,25H2,1-3H3,(H,28,32)(H,30,33)/t18-/m0/s1. The van der Waals surface area contributed by atoms with Gasteiger partial charge in [-0.05, 0) is 42.2 Å². The van der Waals surface area contributed by atoms with Crippen molar-refractivity contribution in [2.24, 2.45) is 0 Å². The van der Waals surface area contributed by atoms with Gasteiger partial charge in [0.25, 0.3) is 11.5 Å². The van der Waals surface area contributed by atoms with E-state index in [2.05, 4.69) is 25.9 Å². The van der Waals surface area contributed by atoms with E-state index in [1.54, 1.807) is 19.4 Å². The molecule has 0 unspecified atom stereocenters. The summed E-state index contributed by atoms with van der Waals surface area (Å²) >= 11 is 0. The van der Waals surface area contributed by atoms with Gasteiger partial charge in [-0.3, -0.25) is 29.3 Å². The van der Waals surface area contributed by atoms with Crippen LogP contribution in [0.15, 0.2) is 41.7 Å². The van der Waals surface area contributed by atoms with E-state index in [1.807, 2.05) is 26.0 Å². The van der Waals surface area contributed by atoms with Gasteiger partial charge in [-0.1, -0.05) is 12.1 Å². The minimum absolute atomic E-state index is 0.0826. The zero-order valence-electron chi connectivity index (χ0n) is 19.7. The van der Waals surface area contributed by atoms with E-state index >= 15 is 0 Å². The van der Waals surface area contributed by atoms with Crippen LogP contribution in [0.1, 0.15) is 38.7 Å². The van der Waals surface area contributed by atoms with Crippen LogP contribution in [0.5, 0.6) is 0 Å². The second-order valence-electron chi connectivity index (χ2n) is 8.39. The molecule has 0 saturated carbocycles. The monoisotopic (exact) mass is 477 g/mol. The molecule has 1 atom stereocenters. The third kappa shape index (κ3) is 5.05. The fraction of sp³-hybridized carbons (Fsp3) is 0.292. The van der Waals surface area contributed by atoms with E-state index in [4.69, 9.17) is 10.5 Å².